The average Bonchev–Trinajstić information content (AvgIpc) is 2.83. The molecule has 33 heavy (non-hydrogen) atoms. The highest BCUT2D eigenvalue weighted by Crippen LogP contribution is 2.37. The lowest BCUT2D eigenvalue weighted by Gasteiger charge is -2.43. The third kappa shape index (κ3) is 6.28. The second-order valence-corrected chi connectivity index (χ2v) is 14.6. The fourth-order valence-corrected chi connectivity index (χ4v) is 8.75. The SMILES string of the molecule is C=S1(=O)CCN(S(=O)(=O)N2CC(COc3cc(CN)ccn3)CC(C3CCCCC3)C2)CC1. The van der Waals surface area contributed by atoms with E-state index < -0.39 is 19.7 Å². The molecule has 0 radical (unpaired) electrons. The second-order valence-electron chi connectivity index (χ2n) is 9.88. The zero-order valence-corrected chi connectivity index (χ0v) is 21.1. The molecular weight excluding hydrogens is 460 g/mol. The number of nitrogens with two attached hydrogens (primary N) is 1. The van der Waals surface area contributed by atoms with Gasteiger partial charge in [-0.15, -0.1) is 0 Å². The van der Waals surface area contributed by atoms with Gasteiger partial charge in [0.15, 0.2) is 0 Å². The van der Waals surface area contributed by atoms with Crippen LogP contribution in [0.1, 0.15) is 44.1 Å². The van der Waals surface area contributed by atoms with Gasteiger partial charge >= 0.3 is 0 Å². The fourth-order valence-electron chi connectivity index (χ4n) is 5.46. The quantitative estimate of drug-likeness (QED) is 0.574. The highest BCUT2D eigenvalue weighted by molar-refractivity contribution is 8.00. The summed E-state index contributed by atoms with van der Waals surface area (Å²) in [6, 6.07) is 3.71. The first-order valence-electron chi connectivity index (χ1n) is 12.1. The molecule has 3 heterocycles. The predicted molar refractivity (Wildman–Crippen MR) is 133 cm³/mol. The summed E-state index contributed by atoms with van der Waals surface area (Å²) < 4.78 is 48.6. The molecule has 0 aromatic carbocycles. The number of hydrogen-bond acceptors (Lipinski definition) is 6. The number of rotatable bonds is 7. The van der Waals surface area contributed by atoms with Crippen LogP contribution in [0.4, 0.5) is 0 Å². The van der Waals surface area contributed by atoms with Gasteiger partial charge in [0.2, 0.25) is 5.88 Å². The fraction of sp³-hybridized carbons (Fsp3) is 0.739. The molecule has 186 valence electrons. The molecule has 1 aromatic rings. The molecule has 0 bridgehead atoms. The molecule has 4 rings (SSSR count). The lowest BCUT2D eigenvalue weighted by molar-refractivity contribution is 0.0924. The number of hydrogen-bond donors (Lipinski definition) is 1. The first-order chi connectivity index (χ1) is 15.8. The van der Waals surface area contributed by atoms with Crippen molar-refractivity contribution in [2.24, 2.45) is 23.5 Å². The van der Waals surface area contributed by atoms with E-state index in [-0.39, 0.29) is 19.0 Å². The Kier molecular flexibility index (Phi) is 8.00. The van der Waals surface area contributed by atoms with Crippen LogP contribution < -0.4 is 10.5 Å². The summed E-state index contributed by atoms with van der Waals surface area (Å²) in [4.78, 5) is 4.28. The number of pyridine rings is 1. The number of aromatic nitrogens is 1. The van der Waals surface area contributed by atoms with E-state index in [0.717, 1.165) is 12.0 Å². The lowest BCUT2D eigenvalue weighted by atomic mass is 9.75. The van der Waals surface area contributed by atoms with Gasteiger partial charge in [-0.25, -0.2) is 4.98 Å². The lowest BCUT2D eigenvalue weighted by Crippen LogP contribution is -2.55. The first-order valence-corrected chi connectivity index (χ1v) is 15.6. The Labute approximate surface area is 199 Å². The zero-order valence-electron chi connectivity index (χ0n) is 19.4. The van der Waals surface area contributed by atoms with E-state index in [9.17, 15) is 12.6 Å². The van der Waals surface area contributed by atoms with Crippen molar-refractivity contribution in [2.75, 3.05) is 44.3 Å². The second kappa shape index (κ2) is 10.6. The molecule has 3 aliphatic rings. The third-order valence-electron chi connectivity index (χ3n) is 7.43. The summed E-state index contributed by atoms with van der Waals surface area (Å²) in [7, 11) is -5.76. The molecule has 2 atom stereocenters. The van der Waals surface area contributed by atoms with E-state index in [0.29, 0.717) is 55.5 Å². The van der Waals surface area contributed by atoms with Gasteiger partial charge in [0.25, 0.3) is 10.2 Å². The minimum Gasteiger partial charge on any atom is -0.477 e. The van der Waals surface area contributed by atoms with Gasteiger partial charge in [-0.2, -0.15) is 17.0 Å². The maximum absolute atomic E-state index is 13.6. The Morgan fingerprint density at radius 2 is 1.85 bits per heavy atom. The van der Waals surface area contributed by atoms with Crippen molar-refractivity contribution in [3.05, 3.63) is 23.9 Å². The standard InChI is InChI=1S/C23H38N4O4S2/c1-32(28)11-9-26(10-12-32)33(29,30)27-16-20(13-22(17-27)21-5-3-2-4-6-21)18-31-23-14-19(15-24)7-8-25-23/h7-8,14,20-22H,1-6,9-13,15-18,24H2. The monoisotopic (exact) mass is 498 g/mol. The van der Waals surface area contributed by atoms with Crippen LogP contribution >= 0.6 is 0 Å². The third-order valence-corrected chi connectivity index (χ3v) is 11.3. The van der Waals surface area contributed by atoms with Crippen LogP contribution in [0.25, 0.3) is 0 Å². The van der Waals surface area contributed by atoms with Gasteiger partial charge < -0.3 is 10.5 Å². The molecule has 0 amide bonds. The normalized spacial score (nSPS) is 27.9. The highest BCUT2D eigenvalue weighted by Gasteiger charge is 2.41. The van der Waals surface area contributed by atoms with E-state index in [4.69, 9.17) is 10.5 Å². The Bertz CT molecular complexity index is 995. The topological polar surface area (TPSA) is 106 Å². The Hall–Kier alpha value is -1.20. The summed E-state index contributed by atoms with van der Waals surface area (Å²) in [5.74, 6) is 5.99. The maximum Gasteiger partial charge on any atom is 0.282 e. The first kappa shape index (κ1) is 24.9. The van der Waals surface area contributed by atoms with Gasteiger partial charge in [-0.1, -0.05) is 32.1 Å². The Morgan fingerprint density at radius 1 is 1.12 bits per heavy atom. The van der Waals surface area contributed by atoms with Crippen LogP contribution in [-0.4, -0.2) is 76.4 Å². The van der Waals surface area contributed by atoms with Crippen molar-refractivity contribution < 1.29 is 17.4 Å². The summed E-state index contributed by atoms with van der Waals surface area (Å²) in [6.07, 6.45) is 8.76. The predicted octanol–water partition coefficient (Wildman–Crippen LogP) is 1.71. The van der Waals surface area contributed by atoms with Crippen molar-refractivity contribution in [2.45, 2.75) is 45.1 Å². The van der Waals surface area contributed by atoms with Crippen LogP contribution in [0.5, 0.6) is 5.88 Å². The highest BCUT2D eigenvalue weighted by atomic mass is 32.2. The summed E-state index contributed by atoms with van der Waals surface area (Å²) in [5.41, 5.74) is 6.69. The van der Waals surface area contributed by atoms with Crippen molar-refractivity contribution in [3.8, 4) is 5.88 Å². The van der Waals surface area contributed by atoms with Gasteiger partial charge in [0.05, 0.1) is 6.61 Å². The van der Waals surface area contributed by atoms with Crippen LogP contribution in [0.15, 0.2) is 18.3 Å². The molecule has 2 saturated heterocycles. The molecule has 8 nitrogen and oxygen atoms in total. The molecule has 2 unspecified atom stereocenters. The Morgan fingerprint density at radius 3 is 2.55 bits per heavy atom. The summed E-state index contributed by atoms with van der Waals surface area (Å²) >= 11 is 0. The molecule has 1 aliphatic carbocycles. The Balaban J connectivity index is 1.48. The van der Waals surface area contributed by atoms with Crippen molar-refractivity contribution in [3.63, 3.8) is 0 Å². The molecule has 10 heteroatoms. The molecule has 2 N–H and O–H groups in total. The van der Waals surface area contributed by atoms with Crippen LogP contribution in [-0.2, 0) is 26.3 Å². The van der Waals surface area contributed by atoms with E-state index in [2.05, 4.69) is 10.9 Å². The van der Waals surface area contributed by atoms with Crippen LogP contribution in [0, 0.1) is 17.8 Å². The molecule has 1 saturated carbocycles. The van der Waals surface area contributed by atoms with E-state index >= 15 is 0 Å². The van der Waals surface area contributed by atoms with Gasteiger partial charge in [-0.05, 0) is 45.3 Å². The van der Waals surface area contributed by atoms with E-state index in [1.54, 1.807) is 10.5 Å². The largest absolute Gasteiger partial charge is 0.477 e. The van der Waals surface area contributed by atoms with Crippen LogP contribution in [0.2, 0.25) is 0 Å². The summed E-state index contributed by atoms with van der Waals surface area (Å²) in [6.45, 7) is 2.44. The maximum atomic E-state index is 13.6. The van der Waals surface area contributed by atoms with Gasteiger partial charge in [-0.3, -0.25) is 4.21 Å². The van der Waals surface area contributed by atoms with Crippen LogP contribution in [0.3, 0.4) is 0 Å². The van der Waals surface area contributed by atoms with Crippen molar-refractivity contribution in [1.29, 1.82) is 0 Å². The average molecular weight is 499 g/mol. The van der Waals surface area contributed by atoms with E-state index in [1.807, 2.05) is 12.1 Å². The van der Waals surface area contributed by atoms with Crippen molar-refractivity contribution in [1.82, 2.24) is 13.6 Å². The smallest absolute Gasteiger partial charge is 0.282 e. The minimum absolute atomic E-state index is 0.102. The van der Waals surface area contributed by atoms with E-state index in [1.165, 1.54) is 36.4 Å². The molecule has 0 spiro atoms. The molecule has 2 aliphatic heterocycles. The molecule has 1 aromatic heterocycles. The minimum atomic E-state index is -3.61. The molecular formula is C23H38N4O4S2. The number of ether oxygens (including phenoxy) is 1. The van der Waals surface area contributed by atoms with Crippen molar-refractivity contribution >= 4 is 25.6 Å². The number of nitrogens with zero attached hydrogens (tertiary/aromatic N) is 3. The molecule has 3 fully saturated rings. The van der Waals surface area contributed by atoms with Gasteiger partial charge in [0.1, 0.15) is 0 Å². The van der Waals surface area contributed by atoms with Gasteiger partial charge in [0, 0.05) is 62.4 Å². The number of piperidine rings is 1. The zero-order chi connectivity index (χ0) is 23.5. The summed E-state index contributed by atoms with van der Waals surface area (Å²) in [5, 5.41) is 0.